The van der Waals surface area contributed by atoms with Crippen molar-refractivity contribution < 1.29 is 0 Å². The van der Waals surface area contributed by atoms with E-state index in [2.05, 4.69) is 31.0 Å². The summed E-state index contributed by atoms with van der Waals surface area (Å²) in [5.74, 6) is 0.904. The van der Waals surface area contributed by atoms with E-state index in [-0.39, 0.29) is 0 Å². The maximum absolute atomic E-state index is 5.66. The summed E-state index contributed by atoms with van der Waals surface area (Å²) in [7, 11) is 2.22. The quantitative estimate of drug-likeness (QED) is 0.837. The minimum atomic E-state index is 0.481. The highest BCUT2D eigenvalue weighted by Crippen LogP contribution is 2.25. The summed E-state index contributed by atoms with van der Waals surface area (Å²) in [5.41, 5.74) is 9.29. The van der Waals surface area contributed by atoms with Crippen LogP contribution in [-0.2, 0) is 6.54 Å². The van der Waals surface area contributed by atoms with Crippen LogP contribution in [0.1, 0.15) is 42.4 Å². The Labute approximate surface area is 122 Å². The standard InChI is InChI=1S/C16H24N2S/c1-12-9-14(16(17)19)7-8-15(12)11-18(2)10-13-5-3-4-6-13/h7-9,13H,3-6,10-11H2,1-2H3,(H2,17,19). The van der Waals surface area contributed by atoms with Gasteiger partial charge in [-0.3, -0.25) is 0 Å². The van der Waals surface area contributed by atoms with Gasteiger partial charge in [-0.2, -0.15) is 0 Å². The smallest absolute Gasteiger partial charge is 0.103 e. The lowest BCUT2D eigenvalue weighted by Crippen LogP contribution is -2.24. The molecule has 0 atom stereocenters. The minimum Gasteiger partial charge on any atom is -0.389 e. The molecule has 3 heteroatoms. The molecule has 1 fully saturated rings. The van der Waals surface area contributed by atoms with Gasteiger partial charge in [0.15, 0.2) is 0 Å². The molecule has 2 N–H and O–H groups in total. The zero-order chi connectivity index (χ0) is 13.8. The van der Waals surface area contributed by atoms with Gasteiger partial charge in [0.25, 0.3) is 0 Å². The molecule has 0 amide bonds. The third-order valence-electron chi connectivity index (χ3n) is 4.11. The Hall–Kier alpha value is -0.930. The Morgan fingerprint density at radius 2 is 2.05 bits per heavy atom. The zero-order valence-electron chi connectivity index (χ0n) is 12.0. The number of nitrogens with zero attached hydrogens (tertiary/aromatic N) is 1. The number of benzene rings is 1. The van der Waals surface area contributed by atoms with Crippen molar-refractivity contribution in [2.75, 3.05) is 13.6 Å². The van der Waals surface area contributed by atoms with Crippen molar-refractivity contribution in [1.82, 2.24) is 4.90 Å². The van der Waals surface area contributed by atoms with Crippen LogP contribution in [0.15, 0.2) is 18.2 Å². The van der Waals surface area contributed by atoms with Crippen molar-refractivity contribution >= 4 is 17.2 Å². The Balaban J connectivity index is 1.96. The van der Waals surface area contributed by atoms with E-state index in [0.717, 1.165) is 18.0 Å². The Bertz CT molecular complexity index is 450. The second kappa shape index (κ2) is 6.49. The van der Waals surface area contributed by atoms with Crippen molar-refractivity contribution in [3.8, 4) is 0 Å². The average Bonchev–Trinajstić information content (AvgIpc) is 2.84. The highest BCUT2D eigenvalue weighted by Gasteiger charge is 2.17. The van der Waals surface area contributed by atoms with E-state index in [1.54, 1.807) is 0 Å². The van der Waals surface area contributed by atoms with Crippen LogP contribution in [0.2, 0.25) is 0 Å². The van der Waals surface area contributed by atoms with Crippen LogP contribution in [0.25, 0.3) is 0 Å². The first-order valence-electron chi connectivity index (χ1n) is 7.14. The number of rotatable bonds is 5. The summed E-state index contributed by atoms with van der Waals surface area (Å²) in [5, 5.41) is 0. The Morgan fingerprint density at radius 1 is 1.37 bits per heavy atom. The fourth-order valence-corrected chi connectivity index (χ4v) is 3.14. The number of nitrogens with two attached hydrogens (primary N) is 1. The van der Waals surface area contributed by atoms with Crippen LogP contribution in [0.3, 0.4) is 0 Å². The van der Waals surface area contributed by atoms with Crippen molar-refractivity contribution in [3.63, 3.8) is 0 Å². The SMILES string of the molecule is Cc1cc(C(N)=S)ccc1CN(C)CC1CCCC1. The maximum atomic E-state index is 5.66. The molecule has 1 aliphatic carbocycles. The third kappa shape index (κ3) is 4.02. The molecular formula is C16H24N2S. The van der Waals surface area contributed by atoms with Crippen molar-refractivity contribution in [2.24, 2.45) is 11.7 Å². The molecule has 0 unspecified atom stereocenters. The van der Waals surface area contributed by atoms with E-state index < -0.39 is 0 Å². The first-order valence-corrected chi connectivity index (χ1v) is 7.55. The normalized spacial score (nSPS) is 16.2. The van der Waals surface area contributed by atoms with E-state index in [1.165, 1.54) is 43.4 Å². The fraction of sp³-hybridized carbons (Fsp3) is 0.562. The minimum absolute atomic E-state index is 0.481. The second-order valence-electron chi connectivity index (χ2n) is 5.85. The van der Waals surface area contributed by atoms with Gasteiger partial charge < -0.3 is 10.6 Å². The van der Waals surface area contributed by atoms with Crippen molar-refractivity contribution in [2.45, 2.75) is 39.2 Å². The molecular weight excluding hydrogens is 252 g/mol. The van der Waals surface area contributed by atoms with Crippen LogP contribution >= 0.6 is 12.2 Å². The molecule has 1 saturated carbocycles. The predicted molar refractivity (Wildman–Crippen MR) is 85.4 cm³/mol. The zero-order valence-corrected chi connectivity index (χ0v) is 12.8. The van der Waals surface area contributed by atoms with Gasteiger partial charge in [-0.25, -0.2) is 0 Å². The lowest BCUT2D eigenvalue weighted by atomic mass is 10.0. The van der Waals surface area contributed by atoms with Crippen LogP contribution in [0.5, 0.6) is 0 Å². The van der Waals surface area contributed by atoms with Gasteiger partial charge in [0.2, 0.25) is 0 Å². The number of hydrogen-bond donors (Lipinski definition) is 1. The molecule has 1 aliphatic rings. The van der Waals surface area contributed by atoms with Crippen LogP contribution in [0.4, 0.5) is 0 Å². The number of thiocarbonyl (C=S) groups is 1. The van der Waals surface area contributed by atoms with Crippen molar-refractivity contribution in [1.29, 1.82) is 0 Å². The summed E-state index contributed by atoms with van der Waals surface area (Å²) >= 11 is 5.02. The van der Waals surface area contributed by atoms with Crippen LogP contribution in [0, 0.1) is 12.8 Å². The van der Waals surface area contributed by atoms with E-state index in [0.29, 0.717) is 4.99 Å². The predicted octanol–water partition coefficient (Wildman–Crippen LogP) is 3.25. The molecule has 1 aromatic carbocycles. The van der Waals surface area contributed by atoms with Crippen LogP contribution in [-0.4, -0.2) is 23.5 Å². The highest BCUT2D eigenvalue weighted by atomic mass is 32.1. The molecule has 0 spiro atoms. The van der Waals surface area contributed by atoms with E-state index in [1.807, 2.05) is 6.07 Å². The lowest BCUT2D eigenvalue weighted by Gasteiger charge is -2.22. The van der Waals surface area contributed by atoms with Gasteiger partial charge in [0.1, 0.15) is 4.99 Å². The molecule has 0 saturated heterocycles. The van der Waals surface area contributed by atoms with E-state index in [9.17, 15) is 0 Å². The summed E-state index contributed by atoms with van der Waals surface area (Å²) in [4.78, 5) is 2.92. The Morgan fingerprint density at radius 3 is 2.63 bits per heavy atom. The van der Waals surface area contributed by atoms with Gasteiger partial charge in [0, 0.05) is 18.7 Å². The van der Waals surface area contributed by atoms with Gasteiger partial charge in [-0.1, -0.05) is 37.2 Å². The molecule has 0 aromatic heterocycles. The summed E-state index contributed by atoms with van der Waals surface area (Å²) < 4.78 is 0. The summed E-state index contributed by atoms with van der Waals surface area (Å²) in [6, 6.07) is 6.30. The molecule has 2 nitrogen and oxygen atoms in total. The van der Waals surface area contributed by atoms with Gasteiger partial charge in [-0.15, -0.1) is 0 Å². The molecule has 0 aliphatic heterocycles. The largest absolute Gasteiger partial charge is 0.389 e. The first kappa shape index (κ1) is 14.5. The molecule has 19 heavy (non-hydrogen) atoms. The third-order valence-corrected chi connectivity index (χ3v) is 4.35. The molecule has 0 bridgehead atoms. The maximum Gasteiger partial charge on any atom is 0.103 e. The van der Waals surface area contributed by atoms with E-state index in [4.69, 9.17) is 18.0 Å². The number of hydrogen-bond acceptors (Lipinski definition) is 2. The van der Waals surface area contributed by atoms with Gasteiger partial charge in [0.05, 0.1) is 0 Å². The highest BCUT2D eigenvalue weighted by molar-refractivity contribution is 7.80. The fourth-order valence-electron chi connectivity index (χ4n) is 3.02. The number of aryl methyl sites for hydroxylation is 1. The monoisotopic (exact) mass is 276 g/mol. The molecule has 1 aromatic rings. The molecule has 2 rings (SSSR count). The van der Waals surface area contributed by atoms with Gasteiger partial charge >= 0.3 is 0 Å². The Kier molecular flexibility index (Phi) is 4.94. The lowest BCUT2D eigenvalue weighted by molar-refractivity contribution is 0.271. The summed E-state index contributed by atoms with van der Waals surface area (Å²) in [6.07, 6.45) is 5.65. The van der Waals surface area contributed by atoms with Crippen molar-refractivity contribution in [3.05, 3.63) is 34.9 Å². The second-order valence-corrected chi connectivity index (χ2v) is 6.29. The molecule has 104 valence electrons. The topological polar surface area (TPSA) is 29.3 Å². The van der Waals surface area contributed by atoms with E-state index >= 15 is 0 Å². The van der Waals surface area contributed by atoms with Gasteiger partial charge in [-0.05, 0) is 49.9 Å². The molecule has 0 heterocycles. The summed E-state index contributed by atoms with van der Waals surface area (Å²) in [6.45, 7) is 4.37. The average molecular weight is 276 g/mol. The molecule has 0 radical (unpaired) electrons. The first-order chi connectivity index (χ1) is 9.06. The van der Waals surface area contributed by atoms with Crippen LogP contribution < -0.4 is 5.73 Å².